The van der Waals surface area contributed by atoms with Gasteiger partial charge in [0.15, 0.2) is 5.16 Å². The quantitative estimate of drug-likeness (QED) is 0.713. The first-order chi connectivity index (χ1) is 12.1. The van der Waals surface area contributed by atoms with Gasteiger partial charge in [-0.15, -0.1) is 5.10 Å². The summed E-state index contributed by atoms with van der Waals surface area (Å²) in [5.41, 5.74) is -1.43. The Balaban J connectivity index is 2.14. The summed E-state index contributed by atoms with van der Waals surface area (Å²) in [4.78, 5) is 24.0. The van der Waals surface area contributed by atoms with Crippen LogP contribution < -0.4 is 11.0 Å². The number of hydrogen-bond acceptors (Lipinski definition) is 4. The van der Waals surface area contributed by atoms with Crippen molar-refractivity contribution in [1.82, 2.24) is 14.8 Å². The number of halogens is 4. The second kappa shape index (κ2) is 8.17. The van der Waals surface area contributed by atoms with Crippen molar-refractivity contribution >= 4 is 35.0 Å². The molecule has 0 radical (unpaired) electrons. The van der Waals surface area contributed by atoms with Gasteiger partial charge >= 0.3 is 11.9 Å². The summed E-state index contributed by atoms with van der Waals surface area (Å²) in [6.07, 6.45) is -3.84. The molecule has 26 heavy (non-hydrogen) atoms. The Kier molecular flexibility index (Phi) is 6.40. The summed E-state index contributed by atoms with van der Waals surface area (Å²) in [5, 5.41) is 8.16. The molecule has 0 aliphatic heterocycles. The highest BCUT2D eigenvalue weighted by Crippen LogP contribution is 2.34. The fourth-order valence-electron chi connectivity index (χ4n) is 2.06. The molecular weight excluding hydrogens is 393 g/mol. The van der Waals surface area contributed by atoms with Crippen LogP contribution in [-0.2, 0) is 17.5 Å². The van der Waals surface area contributed by atoms with E-state index >= 15 is 0 Å². The van der Waals surface area contributed by atoms with Crippen LogP contribution in [0.4, 0.5) is 18.9 Å². The van der Waals surface area contributed by atoms with Gasteiger partial charge in [0.1, 0.15) is 0 Å². The number of carbonyl (C=O) groups is 1. The topological polar surface area (TPSA) is 79.8 Å². The molecule has 142 valence electrons. The molecule has 1 heterocycles. The van der Waals surface area contributed by atoms with Crippen molar-refractivity contribution in [2.24, 2.45) is 0 Å². The molecule has 1 aromatic carbocycles. The molecule has 1 atom stereocenters. The molecule has 2 aromatic rings. The van der Waals surface area contributed by atoms with Crippen LogP contribution in [0.2, 0.25) is 5.02 Å². The number of benzene rings is 1. The Bertz CT molecular complexity index is 850. The summed E-state index contributed by atoms with van der Waals surface area (Å²) in [6, 6.07) is 2.69. The highest BCUT2D eigenvalue weighted by Gasteiger charge is 2.31. The summed E-state index contributed by atoms with van der Waals surface area (Å²) >= 11 is 6.89. The Morgan fingerprint density at radius 1 is 1.46 bits per heavy atom. The average Bonchev–Trinajstić information content (AvgIpc) is 2.89. The molecule has 11 heteroatoms. The molecule has 0 unspecified atom stereocenters. The van der Waals surface area contributed by atoms with Crippen molar-refractivity contribution in [1.29, 1.82) is 0 Å². The molecule has 2 rings (SSSR count). The van der Waals surface area contributed by atoms with E-state index in [4.69, 9.17) is 11.6 Å². The highest BCUT2D eigenvalue weighted by atomic mass is 35.5. The molecular formula is C15H16ClF3N4O2S. The normalized spacial score (nSPS) is 12.8. The van der Waals surface area contributed by atoms with Crippen LogP contribution in [0.3, 0.4) is 0 Å². The zero-order chi connectivity index (χ0) is 19.5. The van der Waals surface area contributed by atoms with Gasteiger partial charge in [-0.05, 0) is 31.5 Å². The zero-order valence-electron chi connectivity index (χ0n) is 13.9. The fraction of sp³-hybridized carbons (Fsp3) is 0.400. The molecule has 0 saturated carbocycles. The summed E-state index contributed by atoms with van der Waals surface area (Å²) in [6.45, 7) is 3.88. The lowest BCUT2D eigenvalue weighted by molar-refractivity contribution is -0.137. The predicted octanol–water partition coefficient (Wildman–Crippen LogP) is 3.77. The van der Waals surface area contributed by atoms with Crippen molar-refractivity contribution < 1.29 is 18.0 Å². The van der Waals surface area contributed by atoms with Crippen molar-refractivity contribution in [3.63, 3.8) is 0 Å². The van der Waals surface area contributed by atoms with Crippen LogP contribution >= 0.6 is 23.4 Å². The van der Waals surface area contributed by atoms with Gasteiger partial charge < -0.3 is 5.32 Å². The van der Waals surface area contributed by atoms with Crippen molar-refractivity contribution in [3.8, 4) is 0 Å². The lowest BCUT2D eigenvalue weighted by Crippen LogP contribution is -2.24. The minimum atomic E-state index is -4.55. The number of H-pyrrole nitrogens is 1. The Morgan fingerprint density at radius 3 is 2.77 bits per heavy atom. The predicted molar refractivity (Wildman–Crippen MR) is 93.5 cm³/mol. The monoisotopic (exact) mass is 408 g/mol. The minimum Gasteiger partial charge on any atom is -0.324 e. The first kappa shape index (κ1) is 20.4. The molecule has 0 aliphatic carbocycles. The average molecular weight is 409 g/mol. The Hall–Kier alpha value is -1.94. The summed E-state index contributed by atoms with van der Waals surface area (Å²) in [7, 11) is 0. The Labute approximate surface area is 156 Å². The van der Waals surface area contributed by atoms with Gasteiger partial charge in [-0.1, -0.05) is 30.3 Å². The van der Waals surface area contributed by atoms with Crippen LogP contribution in [0.5, 0.6) is 0 Å². The van der Waals surface area contributed by atoms with Crippen LogP contribution in [0, 0.1) is 0 Å². The van der Waals surface area contributed by atoms with Crippen molar-refractivity contribution in [2.75, 3.05) is 5.32 Å². The number of thioether (sulfide) groups is 1. The van der Waals surface area contributed by atoms with Gasteiger partial charge in [-0.3, -0.25) is 9.36 Å². The third-order valence-electron chi connectivity index (χ3n) is 3.37. The van der Waals surface area contributed by atoms with Gasteiger partial charge in [-0.2, -0.15) is 13.2 Å². The summed E-state index contributed by atoms with van der Waals surface area (Å²) in [5.74, 6) is -0.560. The number of aromatic nitrogens is 3. The van der Waals surface area contributed by atoms with E-state index in [0.29, 0.717) is 18.1 Å². The Morgan fingerprint density at radius 2 is 2.15 bits per heavy atom. The maximum Gasteiger partial charge on any atom is 0.416 e. The number of rotatable bonds is 6. The largest absolute Gasteiger partial charge is 0.416 e. The number of amides is 1. The molecule has 2 N–H and O–H groups in total. The fourth-order valence-corrected chi connectivity index (χ4v) is 3.10. The van der Waals surface area contributed by atoms with Crippen LogP contribution in [0.1, 0.15) is 25.8 Å². The molecule has 0 saturated heterocycles. The SMILES string of the molecule is CCCn1c(S[C@H](C)C(=O)Nc2cc(C(F)(F)F)ccc2Cl)n[nH]c1=O. The standard InChI is InChI=1S/C15H16ClF3N4O2S/c1-3-6-23-13(25)21-22-14(23)26-8(2)12(24)20-11-7-9(15(17,18)19)4-5-10(11)16/h4-5,7-8H,3,6H2,1-2H3,(H,20,24)(H,21,25)/t8-/m1/s1. The molecule has 0 aliphatic rings. The second-order valence-electron chi connectivity index (χ2n) is 5.40. The molecule has 0 bridgehead atoms. The van der Waals surface area contributed by atoms with Gasteiger partial charge in [0.05, 0.1) is 21.5 Å². The highest BCUT2D eigenvalue weighted by molar-refractivity contribution is 8.00. The van der Waals surface area contributed by atoms with Gasteiger partial charge in [-0.25, -0.2) is 9.89 Å². The van der Waals surface area contributed by atoms with Crippen molar-refractivity contribution in [2.45, 2.75) is 43.4 Å². The number of nitrogens with zero attached hydrogens (tertiary/aromatic N) is 2. The third-order valence-corrected chi connectivity index (χ3v) is 4.79. The second-order valence-corrected chi connectivity index (χ2v) is 7.12. The zero-order valence-corrected chi connectivity index (χ0v) is 15.4. The number of carbonyl (C=O) groups excluding carboxylic acids is 1. The van der Waals surface area contributed by atoms with E-state index in [0.717, 1.165) is 30.0 Å². The lowest BCUT2D eigenvalue weighted by atomic mass is 10.2. The van der Waals surface area contributed by atoms with E-state index in [1.54, 1.807) is 6.92 Å². The van der Waals surface area contributed by atoms with E-state index in [2.05, 4.69) is 15.5 Å². The molecule has 0 spiro atoms. The lowest BCUT2D eigenvalue weighted by Gasteiger charge is -2.14. The first-order valence-corrected chi connectivity index (χ1v) is 8.88. The van der Waals surface area contributed by atoms with E-state index < -0.39 is 22.9 Å². The molecule has 1 aromatic heterocycles. The summed E-state index contributed by atoms with van der Waals surface area (Å²) < 4.78 is 39.8. The maximum absolute atomic E-state index is 12.8. The number of hydrogen-bond donors (Lipinski definition) is 2. The third kappa shape index (κ3) is 4.82. The van der Waals surface area contributed by atoms with E-state index in [1.165, 1.54) is 4.57 Å². The minimum absolute atomic E-state index is 0.00814. The van der Waals surface area contributed by atoms with Crippen LogP contribution in [-0.4, -0.2) is 25.9 Å². The van der Waals surface area contributed by atoms with Crippen molar-refractivity contribution in [3.05, 3.63) is 39.3 Å². The van der Waals surface area contributed by atoms with E-state index in [-0.39, 0.29) is 16.4 Å². The van der Waals surface area contributed by atoms with Gasteiger partial charge in [0.2, 0.25) is 5.91 Å². The molecule has 1 amide bonds. The number of anilines is 1. The molecule has 0 fully saturated rings. The molecule has 6 nitrogen and oxygen atoms in total. The first-order valence-electron chi connectivity index (χ1n) is 7.63. The number of aromatic amines is 1. The van der Waals surface area contributed by atoms with Gasteiger partial charge in [0.25, 0.3) is 0 Å². The maximum atomic E-state index is 12.8. The van der Waals surface area contributed by atoms with Crippen LogP contribution in [0.15, 0.2) is 28.2 Å². The van der Waals surface area contributed by atoms with E-state index in [1.807, 2.05) is 6.92 Å². The van der Waals surface area contributed by atoms with Gasteiger partial charge in [0, 0.05) is 6.54 Å². The smallest absolute Gasteiger partial charge is 0.324 e. The van der Waals surface area contributed by atoms with E-state index in [9.17, 15) is 22.8 Å². The number of nitrogens with one attached hydrogen (secondary N) is 2. The van der Waals surface area contributed by atoms with Crippen LogP contribution in [0.25, 0.3) is 0 Å². The number of alkyl halides is 3.